The van der Waals surface area contributed by atoms with E-state index in [4.69, 9.17) is 20.3 Å². The van der Waals surface area contributed by atoms with E-state index in [2.05, 4.69) is 10.2 Å². The van der Waals surface area contributed by atoms with Crippen molar-refractivity contribution >= 4 is 17.3 Å². The third-order valence-corrected chi connectivity index (χ3v) is 5.12. The van der Waals surface area contributed by atoms with Crippen LogP contribution in [0.25, 0.3) is 10.6 Å². The van der Waals surface area contributed by atoms with Crippen LogP contribution in [0.5, 0.6) is 5.75 Å². The maximum absolute atomic E-state index is 13.5. The normalized spacial score (nSPS) is 12.7. The summed E-state index contributed by atoms with van der Waals surface area (Å²) in [6.45, 7) is 3.19. The second kappa shape index (κ2) is 11.2. The molecule has 1 atom stereocenters. The summed E-state index contributed by atoms with van der Waals surface area (Å²) in [6.07, 6.45) is -2.54. The molecule has 0 aliphatic carbocycles. The van der Waals surface area contributed by atoms with E-state index < -0.39 is 23.8 Å². The van der Waals surface area contributed by atoms with Gasteiger partial charge in [0.1, 0.15) is 15.8 Å². The number of hydrogen-bond donors (Lipinski definition) is 2. The largest absolute Gasteiger partial charge is 0.493 e. The number of unbranched alkanes of at least 4 members (excludes halogenated alkanes) is 1. The van der Waals surface area contributed by atoms with E-state index in [1.807, 2.05) is 6.92 Å². The molecule has 1 aromatic carbocycles. The molecule has 0 saturated heterocycles. The van der Waals surface area contributed by atoms with Crippen LogP contribution in [0.15, 0.2) is 18.2 Å². The number of ether oxygens (including phenoxy) is 2. The van der Waals surface area contributed by atoms with Gasteiger partial charge >= 0.3 is 12.1 Å². The Morgan fingerprint density at radius 1 is 1.23 bits per heavy atom. The lowest BCUT2D eigenvalue weighted by Crippen LogP contribution is -2.14. The van der Waals surface area contributed by atoms with E-state index in [0.717, 1.165) is 30.2 Å². The molecule has 0 amide bonds. The first-order valence-electron chi connectivity index (χ1n) is 9.45. The molecule has 0 saturated carbocycles. The number of aromatic nitrogens is 2. The SMILES string of the molecule is CCCCOCCCOc1ccc(-c2nnc([C@@H](N)CC(=O)O)s2)cc1C(F)(F)F. The molecule has 2 aromatic rings. The first-order chi connectivity index (χ1) is 14.2. The van der Waals surface area contributed by atoms with Gasteiger partial charge in [-0.2, -0.15) is 13.2 Å². The van der Waals surface area contributed by atoms with Crippen molar-refractivity contribution in [3.63, 3.8) is 0 Å². The molecule has 0 unspecified atom stereocenters. The van der Waals surface area contributed by atoms with Gasteiger partial charge < -0.3 is 20.3 Å². The van der Waals surface area contributed by atoms with Crippen LogP contribution in [0, 0.1) is 0 Å². The Morgan fingerprint density at radius 2 is 1.97 bits per heavy atom. The lowest BCUT2D eigenvalue weighted by Gasteiger charge is -2.15. The number of halogens is 3. The molecule has 0 spiro atoms. The summed E-state index contributed by atoms with van der Waals surface area (Å²) in [5.74, 6) is -1.37. The number of alkyl halides is 3. The molecule has 0 aliphatic heterocycles. The summed E-state index contributed by atoms with van der Waals surface area (Å²) in [4.78, 5) is 10.8. The van der Waals surface area contributed by atoms with Crippen molar-refractivity contribution in [3.8, 4) is 16.3 Å². The second-order valence-electron chi connectivity index (χ2n) is 6.53. The summed E-state index contributed by atoms with van der Waals surface area (Å²) in [6, 6.07) is 2.77. The highest BCUT2D eigenvalue weighted by atomic mass is 32.1. The van der Waals surface area contributed by atoms with Crippen molar-refractivity contribution < 1.29 is 32.5 Å². The summed E-state index contributed by atoms with van der Waals surface area (Å²) < 4.78 is 51.2. The van der Waals surface area contributed by atoms with Crippen LogP contribution in [0.2, 0.25) is 0 Å². The van der Waals surface area contributed by atoms with Gasteiger partial charge in [0.05, 0.1) is 24.6 Å². The summed E-state index contributed by atoms with van der Waals surface area (Å²) in [5.41, 5.74) is 5.01. The Labute approximate surface area is 176 Å². The third kappa shape index (κ3) is 7.22. The van der Waals surface area contributed by atoms with Crippen molar-refractivity contribution in [1.82, 2.24) is 10.2 Å². The minimum atomic E-state index is -4.61. The molecular formula is C19H24F3N3O4S. The van der Waals surface area contributed by atoms with Crippen LogP contribution in [0.1, 0.15) is 49.2 Å². The number of benzene rings is 1. The number of rotatable bonds is 12. The van der Waals surface area contributed by atoms with Crippen LogP contribution in [-0.4, -0.2) is 41.1 Å². The molecule has 0 aliphatic rings. The lowest BCUT2D eigenvalue weighted by molar-refractivity contribution is -0.139. The quantitative estimate of drug-likeness (QED) is 0.468. The Morgan fingerprint density at radius 3 is 2.63 bits per heavy atom. The first-order valence-corrected chi connectivity index (χ1v) is 10.3. The number of carboxylic acids is 1. The Kier molecular flexibility index (Phi) is 9.00. The third-order valence-electron chi connectivity index (χ3n) is 4.02. The van der Waals surface area contributed by atoms with E-state index in [-0.39, 0.29) is 34.4 Å². The van der Waals surface area contributed by atoms with E-state index in [9.17, 15) is 18.0 Å². The van der Waals surface area contributed by atoms with Gasteiger partial charge in [0.15, 0.2) is 0 Å². The van der Waals surface area contributed by atoms with Crippen molar-refractivity contribution in [3.05, 3.63) is 28.8 Å². The number of nitrogens with zero attached hydrogens (tertiary/aromatic N) is 2. The zero-order chi connectivity index (χ0) is 22.1. The average molecular weight is 447 g/mol. The fourth-order valence-corrected chi connectivity index (χ4v) is 3.32. The molecule has 0 radical (unpaired) electrons. The van der Waals surface area contributed by atoms with Crippen molar-refractivity contribution in [1.29, 1.82) is 0 Å². The predicted molar refractivity (Wildman–Crippen MR) is 105 cm³/mol. The minimum Gasteiger partial charge on any atom is -0.493 e. The number of carboxylic acid groups (broad SMARTS) is 1. The van der Waals surface area contributed by atoms with E-state index >= 15 is 0 Å². The highest BCUT2D eigenvalue weighted by Crippen LogP contribution is 2.39. The van der Waals surface area contributed by atoms with Gasteiger partial charge in [0.2, 0.25) is 0 Å². The molecule has 166 valence electrons. The smallest absolute Gasteiger partial charge is 0.419 e. The number of nitrogens with two attached hydrogens (primary N) is 1. The maximum Gasteiger partial charge on any atom is 0.419 e. The predicted octanol–water partition coefficient (Wildman–Crippen LogP) is 4.28. The van der Waals surface area contributed by atoms with Crippen molar-refractivity contribution in [2.75, 3.05) is 19.8 Å². The molecule has 11 heteroatoms. The van der Waals surface area contributed by atoms with Crippen molar-refractivity contribution in [2.45, 2.75) is 44.8 Å². The van der Waals surface area contributed by atoms with Crippen molar-refractivity contribution in [2.24, 2.45) is 5.73 Å². The maximum atomic E-state index is 13.5. The van der Waals surface area contributed by atoms with Gasteiger partial charge in [-0.05, 0) is 24.6 Å². The van der Waals surface area contributed by atoms with Gasteiger partial charge in [0.25, 0.3) is 0 Å². The van der Waals surface area contributed by atoms with Crippen LogP contribution in [-0.2, 0) is 15.7 Å². The summed E-state index contributed by atoms with van der Waals surface area (Å²) in [7, 11) is 0. The minimum absolute atomic E-state index is 0.0988. The zero-order valence-corrected chi connectivity index (χ0v) is 17.3. The average Bonchev–Trinajstić information content (AvgIpc) is 3.16. The molecule has 30 heavy (non-hydrogen) atoms. The number of carbonyl (C=O) groups is 1. The highest BCUT2D eigenvalue weighted by molar-refractivity contribution is 7.14. The molecule has 0 fully saturated rings. The Bertz CT molecular complexity index is 830. The molecule has 1 aromatic heterocycles. The van der Waals surface area contributed by atoms with Crippen LogP contribution in [0.4, 0.5) is 13.2 Å². The molecular weight excluding hydrogens is 423 g/mol. The molecule has 2 rings (SSSR count). The molecule has 0 bridgehead atoms. The monoisotopic (exact) mass is 447 g/mol. The number of hydrogen-bond acceptors (Lipinski definition) is 7. The van der Waals surface area contributed by atoms with Gasteiger partial charge in [-0.15, -0.1) is 10.2 Å². The summed E-state index contributed by atoms with van der Waals surface area (Å²) in [5, 5.41) is 16.9. The molecule has 1 heterocycles. The fraction of sp³-hybridized carbons (Fsp3) is 0.526. The van der Waals surface area contributed by atoms with Crippen LogP contribution in [0.3, 0.4) is 0 Å². The van der Waals surface area contributed by atoms with E-state index in [0.29, 0.717) is 19.6 Å². The summed E-state index contributed by atoms with van der Waals surface area (Å²) >= 11 is 0.957. The Balaban J connectivity index is 2.09. The molecule has 7 nitrogen and oxygen atoms in total. The van der Waals surface area contributed by atoms with Crippen LogP contribution < -0.4 is 10.5 Å². The lowest BCUT2D eigenvalue weighted by atomic mass is 10.1. The highest BCUT2D eigenvalue weighted by Gasteiger charge is 2.35. The first kappa shape index (κ1) is 24.0. The second-order valence-corrected chi connectivity index (χ2v) is 7.54. The number of aliphatic carboxylic acids is 1. The topological polar surface area (TPSA) is 108 Å². The Hall–Kier alpha value is -2.24. The van der Waals surface area contributed by atoms with Gasteiger partial charge in [-0.1, -0.05) is 24.7 Å². The van der Waals surface area contributed by atoms with E-state index in [1.165, 1.54) is 12.1 Å². The van der Waals surface area contributed by atoms with Gasteiger partial charge in [-0.25, -0.2) is 0 Å². The van der Waals surface area contributed by atoms with E-state index in [1.54, 1.807) is 0 Å². The zero-order valence-electron chi connectivity index (χ0n) is 16.4. The molecule has 3 N–H and O–H groups in total. The van der Waals surface area contributed by atoms with Gasteiger partial charge in [0, 0.05) is 25.2 Å². The fourth-order valence-electron chi connectivity index (χ4n) is 2.48. The van der Waals surface area contributed by atoms with Gasteiger partial charge in [-0.3, -0.25) is 4.79 Å². The standard InChI is InChI=1S/C19H24F3N3O4S/c1-2-3-7-28-8-4-9-29-15-6-5-12(10-13(15)19(20,21)22)17-24-25-18(30-17)14(23)11-16(26)27/h5-6,10,14H,2-4,7-9,11,23H2,1H3,(H,26,27)/t14-/m0/s1. The van der Waals surface area contributed by atoms with Crippen LogP contribution >= 0.6 is 11.3 Å².